The molecular weight excluding hydrogens is 330 g/mol. The van der Waals surface area contributed by atoms with Gasteiger partial charge in [-0.05, 0) is 37.5 Å². The summed E-state index contributed by atoms with van der Waals surface area (Å²) in [5, 5.41) is 4.03. The Balaban J connectivity index is 0.00000169. The molecule has 0 atom stereocenters. The lowest BCUT2D eigenvalue weighted by molar-refractivity contribution is 0.229. The third kappa shape index (κ3) is 3.08. The molecule has 4 rings (SSSR count). The van der Waals surface area contributed by atoms with Gasteiger partial charge < -0.3 is 15.0 Å². The SMILES string of the molecule is Cl.NC1(c2noc(-c3cccc(Oc4cnccn4)c3)n2)CCC1. The smallest absolute Gasteiger partial charge is 0.258 e. The van der Waals surface area contributed by atoms with E-state index in [9.17, 15) is 0 Å². The second-order valence-electron chi connectivity index (χ2n) is 5.61. The first-order chi connectivity index (χ1) is 11.2. The van der Waals surface area contributed by atoms with Crippen molar-refractivity contribution in [3.05, 3.63) is 48.7 Å². The molecular formula is C16H16ClN5O2. The molecule has 1 aliphatic carbocycles. The number of nitrogens with zero attached hydrogens (tertiary/aromatic N) is 4. The minimum absolute atomic E-state index is 0. The van der Waals surface area contributed by atoms with Gasteiger partial charge in [0, 0.05) is 18.0 Å². The number of ether oxygens (including phenoxy) is 1. The molecule has 1 aromatic carbocycles. The predicted molar refractivity (Wildman–Crippen MR) is 88.8 cm³/mol. The van der Waals surface area contributed by atoms with Gasteiger partial charge in [0.25, 0.3) is 5.89 Å². The van der Waals surface area contributed by atoms with Crippen LogP contribution in [0.2, 0.25) is 0 Å². The molecule has 0 amide bonds. The van der Waals surface area contributed by atoms with E-state index >= 15 is 0 Å². The van der Waals surface area contributed by atoms with Crippen LogP contribution in [0.1, 0.15) is 25.1 Å². The summed E-state index contributed by atoms with van der Waals surface area (Å²) in [6.07, 6.45) is 7.59. The maximum atomic E-state index is 6.22. The zero-order valence-electron chi connectivity index (χ0n) is 12.8. The van der Waals surface area contributed by atoms with Gasteiger partial charge in [-0.1, -0.05) is 11.2 Å². The molecule has 124 valence electrons. The molecule has 2 aromatic heterocycles. The lowest BCUT2D eigenvalue weighted by Gasteiger charge is -2.34. The zero-order chi connectivity index (χ0) is 15.7. The molecule has 0 saturated heterocycles. The van der Waals surface area contributed by atoms with Crippen molar-refractivity contribution in [3.63, 3.8) is 0 Å². The van der Waals surface area contributed by atoms with Crippen LogP contribution >= 0.6 is 12.4 Å². The van der Waals surface area contributed by atoms with Crippen LogP contribution in [0.5, 0.6) is 11.6 Å². The molecule has 1 fully saturated rings. The summed E-state index contributed by atoms with van der Waals surface area (Å²) in [6.45, 7) is 0. The average Bonchev–Trinajstić information content (AvgIpc) is 3.04. The first kappa shape index (κ1) is 16.4. The highest BCUT2D eigenvalue weighted by atomic mass is 35.5. The molecule has 3 aromatic rings. The van der Waals surface area contributed by atoms with Gasteiger partial charge in [0.2, 0.25) is 5.88 Å². The number of benzene rings is 1. The van der Waals surface area contributed by atoms with Crippen LogP contribution in [-0.2, 0) is 5.54 Å². The van der Waals surface area contributed by atoms with E-state index in [4.69, 9.17) is 15.0 Å². The Morgan fingerprint density at radius 1 is 1.21 bits per heavy atom. The molecule has 0 unspecified atom stereocenters. The number of rotatable bonds is 4. The topological polar surface area (TPSA) is 100.0 Å². The van der Waals surface area contributed by atoms with Crippen molar-refractivity contribution in [2.24, 2.45) is 5.73 Å². The Morgan fingerprint density at radius 3 is 2.79 bits per heavy atom. The van der Waals surface area contributed by atoms with Crippen LogP contribution in [0.3, 0.4) is 0 Å². The molecule has 1 saturated carbocycles. The summed E-state index contributed by atoms with van der Waals surface area (Å²) in [6, 6.07) is 7.37. The van der Waals surface area contributed by atoms with Gasteiger partial charge in [-0.15, -0.1) is 12.4 Å². The number of hydrogen-bond acceptors (Lipinski definition) is 7. The van der Waals surface area contributed by atoms with E-state index in [1.807, 2.05) is 24.3 Å². The predicted octanol–water partition coefficient (Wildman–Crippen LogP) is 3.08. The Kier molecular flexibility index (Phi) is 4.46. The highest BCUT2D eigenvalue weighted by Gasteiger charge is 2.39. The third-order valence-electron chi connectivity index (χ3n) is 3.96. The quantitative estimate of drug-likeness (QED) is 0.775. The van der Waals surface area contributed by atoms with Crippen molar-refractivity contribution >= 4 is 12.4 Å². The molecule has 8 heteroatoms. The fourth-order valence-electron chi connectivity index (χ4n) is 2.48. The summed E-state index contributed by atoms with van der Waals surface area (Å²) in [4.78, 5) is 12.5. The zero-order valence-corrected chi connectivity index (χ0v) is 13.6. The van der Waals surface area contributed by atoms with E-state index in [1.165, 1.54) is 0 Å². The largest absolute Gasteiger partial charge is 0.437 e. The standard InChI is InChI=1S/C16H15N5O2.ClH/c17-16(5-2-6-16)15-20-14(23-21-15)11-3-1-4-12(9-11)22-13-10-18-7-8-19-13;/h1,3-4,7-10H,2,5-6,17H2;1H. The minimum Gasteiger partial charge on any atom is -0.437 e. The lowest BCUT2D eigenvalue weighted by atomic mass is 9.77. The van der Waals surface area contributed by atoms with Gasteiger partial charge in [0.05, 0.1) is 11.7 Å². The fourth-order valence-corrected chi connectivity index (χ4v) is 2.48. The minimum atomic E-state index is -0.435. The van der Waals surface area contributed by atoms with Gasteiger partial charge in [-0.3, -0.25) is 4.98 Å². The van der Waals surface area contributed by atoms with Gasteiger partial charge in [0.1, 0.15) is 5.75 Å². The van der Waals surface area contributed by atoms with Crippen molar-refractivity contribution in [2.75, 3.05) is 0 Å². The monoisotopic (exact) mass is 345 g/mol. The van der Waals surface area contributed by atoms with Crippen molar-refractivity contribution in [3.8, 4) is 23.1 Å². The van der Waals surface area contributed by atoms with E-state index in [2.05, 4.69) is 20.1 Å². The molecule has 0 radical (unpaired) electrons. The van der Waals surface area contributed by atoms with Crippen LogP contribution in [0, 0.1) is 0 Å². The van der Waals surface area contributed by atoms with Gasteiger partial charge in [0.15, 0.2) is 5.82 Å². The maximum Gasteiger partial charge on any atom is 0.258 e. The van der Waals surface area contributed by atoms with Gasteiger partial charge in [-0.2, -0.15) is 4.98 Å². The molecule has 0 spiro atoms. The first-order valence-corrected chi connectivity index (χ1v) is 7.40. The molecule has 2 heterocycles. The maximum absolute atomic E-state index is 6.22. The number of nitrogens with two attached hydrogens (primary N) is 1. The van der Waals surface area contributed by atoms with E-state index in [0.29, 0.717) is 23.3 Å². The Labute approximate surface area is 144 Å². The highest BCUT2D eigenvalue weighted by Crippen LogP contribution is 2.37. The van der Waals surface area contributed by atoms with E-state index < -0.39 is 5.54 Å². The van der Waals surface area contributed by atoms with Crippen molar-refractivity contribution in [1.29, 1.82) is 0 Å². The fraction of sp³-hybridized carbons (Fsp3) is 0.250. The molecule has 1 aliphatic rings. The summed E-state index contributed by atoms with van der Waals surface area (Å²) < 4.78 is 11.0. The average molecular weight is 346 g/mol. The Bertz CT molecular complexity index is 820. The molecule has 0 bridgehead atoms. The normalized spacial score (nSPS) is 15.2. The summed E-state index contributed by atoms with van der Waals surface area (Å²) >= 11 is 0. The second kappa shape index (κ2) is 6.54. The Hall–Kier alpha value is -2.51. The first-order valence-electron chi connectivity index (χ1n) is 7.40. The Morgan fingerprint density at radius 2 is 2.08 bits per heavy atom. The van der Waals surface area contributed by atoms with Crippen LogP contribution < -0.4 is 10.5 Å². The summed E-state index contributed by atoms with van der Waals surface area (Å²) in [7, 11) is 0. The summed E-state index contributed by atoms with van der Waals surface area (Å²) in [5.74, 6) is 2.04. The third-order valence-corrected chi connectivity index (χ3v) is 3.96. The van der Waals surface area contributed by atoms with Crippen LogP contribution in [0.4, 0.5) is 0 Å². The highest BCUT2D eigenvalue weighted by molar-refractivity contribution is 5.85. The number of halogens is 1. The summed E-state index contributed by atoms with van der Waals surface area (Å²) in [5.41, 5.74) is 6.56. The number of hydrogen-bond donors (Lipinski definition) is 1. The van der Waals surface area contributed by atoms with Crippen molar-refractivity contribution in [2.45, 2.75) is 24.8 Å². The van der Waals surface area contributed by atoms with Crippen LogP contribution in [0.25, 0.3) is 11.5 Å². The van der Waals surface area contributed by atoms with E-state index in [-0.39, 0.29) is 12.4 Å². The molecule has 7 nitrogen and oxygen atoms in total. The van der Waals surface area contributed by atoms with Crippen LogP contribution in [-0.4, -0.2) is 20.1 Å². The number of aromatic nitrogens is 4. The second-order valence-corrected chi connectivity index (χ2v) is 5.61. The molecule has 0 aliphatic heterocycles. The van der Waals surface area contributed by atoms with Gasteiger partial charge in [-0.25, -0.2) is 4.98 Å². The molecule has 24 heavy (non-hydrogen) atoms. The molecule has 2 N–H and O–H groups in total. The van der Waals surface area contributed by atoms with Gasteiger partial charge >= 0.3 is 0 Å². The van der Waals surface area contributed by atoms with E-state index in [1.54, 1.807) is 18.6 Å². The van der Waals surface area contributed by atoms with Crippen molar-refractivity contribution in [1.82, 2.24) is 20.1 Å². The van der Waals surface area contributed by atoms with Crippen LogP contribution in [0.15, 0.2) is 47.4 Å². The van der Waals surface area contributed by atoms with E-state index in [0.717, 1.165) is 24.8 Å². The lowest BCUT2D eigenvalue weighted by Crippen LogP contribution is -2.44. The van der Waals surface area contributed by atoms with Crippen molar-refractivity contribution < 1.29 is 9.26 Å².